The van der Waals surface area contributed by atoms with Gasteiger partial charge in [-0.3, -0.25) is 19.7 Å². The van der Waals surface area contributed by atoms with Gasteiger partial charge < -0.3 is 10.3 Å². The zero-order valence-corrected chi connectivity index (χ0v) is 11.4. The standard InChI is InChI=1S/C12H12N4O3S/c1-13-10(18)4-8-6-20-12(15-8)16-11(19)7-2-3-9(17)14-5-7/h2-3,5-6H,4H2,1H3,(H,13,18)(H,14,17)(H,15,16,19). The molecular weight excluding hydrogens is 280 g/mol. The average Bonchev–Trinajstić information content (AvgIpc) is 2.86. The van der Waals surface area contributed by atoms with Crippen molar-refractivity contribution in [2.75, 3.05) is 12.4 Å². The van der Waals surface area contributed by atoms with Crippen molar-refractivity contribution in [2.24, 2.45) is 0 Å². The summed E-state index contributed by atoms with van der Waals surface area (Å²) in [7, 11) is 1.55. The molecule has 3 N–H and O–H groups in total. The monoisotopic (exact) mass is 292 g/mol. The van der Waals surface area contributed by atoms with E-state index in [0.29, 0.717) is 16.4 Å². The summed E-state index contributed by atoms with van der Waals surface area (Å²) < 4.78 is 0. The van der Waals surface area contributed by atoms with Crippen LogP contribution in [0.3, 0.4) is 0 Å². The lowest BCUT2D eigenvalue weighted by Gasteiger charge is -2.00. The van der Waals surface area contributed by atoms with Crippen molar-refractivity contribution in [3.8, 4) is 0 Å². The molecule has 2 rings (SSSR count). The summed E-state index contributed by atoms with van der Waals surface area (Å²) in [4.78, 5) is 40.5. The summed E-state index contributed by atoms with van der Waals surface area (Å²) in [5, 5.41) is 7.21. The maximum atomic E-state index is 11.9. The molecule has 0 radical (unpaired) electrons. The second kappa shape index (κ2) is 6.11. The van der Waals surface area contributed by atoms with Crippen molar-refractivity contribution in [1.82, 2.24) is 15.3 Å². The number of nitrogens with one attached hydrogen (secondary N) is 3. The highest BCUT2D eigenvalue weighted by Gasteiger charge is 2.10. The van der Waals surface area contributed by atoms with Crippen molar-refractivity contribution in [1.29, 1.82) is 0 Å². The highest BCUT2D eigenvalue weighted by molar-refractivity contribution is 7.14. The number of amides is 2. The fourth-order valence-corrected chi connectivity index (χ4v) is 2.12. The third-order valence-corrected chi connectivity index (χ3v) is 3.25. The SMILES string of the molecule is CNC(=O)Cc1csc(NC(=O)c2ccc(=O)[nH]c2)n1. The molecule has 0 bridgehead atoms. The Kier molecular flexibility index (Phi) is 4.26. The van der Waals surface area contributed by atoms with Crippen LogP contribution in [0.25, 0.3) is 0 Å². The smallest absolute Gasteiger partial charge is 0.258 e. The van der Waals surface area contributed by atoms with Crippen LogP contribution in [-0.4, -0.2) is 28.8 Å². The van der Waals surface area contributed by atoms with E-state index < -0.39 is 0 Å². The van der Waals surface area contributed by atoms with Crippen LogP contribution in [0.1, 0.15) is 16.1 Å². The Hall–Kier alpha value is -2.48. The number of nitrogens with zero attached hydrogens (tertiary/aromatic N) is 1. The van der Waals surface area contributed by atoms with Gasteiger partial charge in [0.2, 0.25) is 11.5 Å². The van der Waals surface area contributed by atoms with Gasteiger partial charge in [-0.2, -0.15) is 0 Å². The van der Waals surface area contributed by atoms with E-state index >= 15 is 0 Å². The molecule has 0 saturated carbocycles. The van der Waals surface area contributed by atoms with Crippen molar-refractivity contribution in [3.05, 3.63) is 45.3 Å². The predicted octanol–water partition coefficient (Wildman–Crippen LogP) is 0.372. The molecule has 8 heteroatoms. The van der Waals surface area contributed by atoms with Crippen molar-refractivity contribution >= 4 is 28.3 Å². The van der Waals surface area contributed by atoms with E-state index in [1.165, 1.54) is 29.7 Å². The van der Waals surface area contributed by atoms with Crippen LogP contribution in [0.2, 0.25) is 0 Å². The summed E-state index contributed by atoms with van der Waals surface area (Å²) in [5.41, 5.74) is 0.641. The molecule has 2 heterocycles. The lowest BCUT2D eigenvalue weighted by molar-refractivity contribution is -0.120. The third-order valence-electron chi connectivity index (χ3n) is 2.44. The maximum Gasteiger partial charge on any atom is 0.258 e. The highest BCUT2D eigenvalue weighted by Crippen LogP contribution is 2.16. The Labute approximate surface area is 118 Å². The minimum Gasteiger partial charge on any atom is -0.359 e. The number of anilines is 1. The minimum absolute atomic E-state index is 0.145. The van der Waals surface area contributed by atoms with Gasteiger partial charge in [0, 0.05) is 24.7 Å². The lowest BCUT2D eigenvalue weighted by atomic mass is 10.3. The minimum atomic E-state index is -0.373. The summed E-state index contributed by atoms with van der Waals surface area (Å²) in [6.45, 7) is 0. The van der Waals surface area contributed by atoms with Crippen molar-refractivity contribution in [3.63, 3.8) is 0 Å². The summed E-state index contributed by atoms with van der Waals surface area (Å²) in [6, 6.07) is 2.70. The van der Waals surface area contributed by atoms with Crippen LogP contribution in [0.15, 0.2) is 28.5 Å². The molecule has 0 aliphatic heterocycles. The number of rotatable bonds is 4. The average molecular weight is 292 g/mol. The molecule has 0 aromatic carbocycles. The molecule has 0 fully saturated rings. The molecule has 2 aromatic heterocycles. The van der Waals surface area contributed by atoms with Gasteiger partial charge in [-0.05, 0) is 6.07 Å². The largest absolute Gasteiger partial charge is 0.359 e. The first-order valence-electron chi connectivity index (χ1n) is 5.73. The van der Waals surface area contributed by atoms with Crippen molar-refractivity contribution in [2.45, 2.75) is 6.42 Å². The number of thiazole rings is 1. The first kappa shape index (κ1) is 13.9. The van der Waals surface area contributed by atoms with Gasteiger partial charge in [0.15, 0.2) is 5.13 Å². The van der Waals surface area contributed by atoms with Gasteiger partial charge in [0.05, 0.1) is 17.7 Å². The Balaban J connectivity index is 2.03. The normalized spacial score (nSPS) is 10.1. The van der Waals surface area contributed by atoms with Gasteiger partial charge in [-0.15, -0.1) is 11.3 Å². The topological polar surface area (TPSA) is 104 Å². The van der Waals surface area contributed by atoms with E-state index in [4.69, 9.17) is 0 Å². The molecule has 0 spiro atoms. The molecule has 104 valence electrons. The fraction of sp³-hybridized carbons (Fsp3) is 0.167. The third kappa shape index (κ3) is 3.51. The van der Waals surface area contributed by atoms with Crippen LogP contribution in [0, 0.1) is 0 Å². The number of hydrogen-bond acceptors (Lipinski definition) is 5. The van der Waals surface area contributed by atoms with Gasteiger partial charge in [-0.25, -0.2) is 4.98 Å². The Morgan fingerprint density at radius 1 is 1.40 bits per heavy atom. The number of hydrogen-bond donors (Lipinski definition) is 3. The van der Waals surface area contributed by atoms with E-state index in [9.17, 15) is 14.4 Å². The number of carbonyl (C=O) groups excluding carboxylic acids is 2. The predicted molar refractivity (Wildman–Crippen MR) is 74.9 cm³/mol. The maximum absolute atomic E-state index is 11.9. The van der Waals surface area contributed by atoms with E-state index in [1.54, 1.807) is 12.4 Å². The molecule has 0 atom stereocenters. The molecule has 7 nitrogen and oxygen atoms in total. The molecule has 0 aliphatic rings. The van der Waals surface area contributed by atoms with Crippen LogP contribution in [0.4, 0.5) is 5.13 Å². The second-order valence-corrected chi connectivity index (χ2v) is 4.75. The number of H-pyrrole nitrogens is 1. The lowest BCUT2D eigenvalue weighted by Crippen LogP contribution is -2.20. The van der Waals surface area contributed by atoms with Gasteiger partial charge in [0.1, 0.15) is 0 Å². The fourth-order valence-electron chi connectivity index (χ4n) is 1.42. The number of aromatic amines is 1. The zero-order chi connectivity index (χ0) is 14.5. The number of carbonyl (C=O) groups is 2. The van der Waals surface area contributed by atoms with E-state index in [-0.39, 0.29) is 23.8 Å². The number of aromatic nitrogens is 2. The molecular formula is C12H12N4O3S. The Morgan fingerprint density at radius 3 is 2.85 bits per heavy atom. The highest BCUT2D eigenvalue weighted by atomic mass is 32.1. The number of pyridine rings is 1. The second-order valence-electron chi connectivity index (χ2n) is 3.89. The van der Waals surface area contributed by atoms with Crippen LogP contribution in [0.5, 0.6) is 0 Å². The molecule has 0 saturated heterocycles. The quantitative estimate of drug-likeness (QED) is 0.757. The van der Waals surface area contributed by atoms with Gasteiger partial charge in [0.25, 0.3) is 5.91 Å². The number of likely N-dealkylation sites (N-methyl/N-ethyl adjacent to an activating group) is 1. The summed E-state index contributed by atoms with van der Waals surface area (Å²) in [5.74, 6) is -0.518. The first-order valence-corrected chi connectivity index (χ1v) is 6.61. The van der Waals surface area contributed by atoms with Crippen LogP contribution < -0.4 is 16.2 Å². The van der Waals surface area contributed by atoms with E-state index in [1.807, 2.05) is 0 Å². The molecule has 0 unspecified atom stereocenters. The molecule has 20 heavy (non-hydrogen) atoms. The zero-order valence-electron chi connectivity index (χ0n) is 10.6. The van der Waals surface area contributed by atoms with Crippen LogP contribution >= 0.6 is 11.3 Å². The van der Waals surface area contributed by atoms with Gasteiger partial charge >= 0.3 is 0 Å². The molecule has 0 aliphatic carbocycles. The summed E-state index contributed by atoms with van der Waals surface area (Å²) in [6.07, 6.45) is 1.50. The first-order chi connectivity index (χ1) is 9.58. The van der Waals surface area contributed by atoms with E-state index in [2.05, 4.69) is 20.6 Å². The Bertz CT molecular complexity index is 672. The Morgan fingerprint density at radius 2 is 2.20 bits per heavy atom. The van der Waals surface area contributed by atoms with Crippen LogP contribution in [-0.2, 0) is 11.2 Å². The van der Waals surface area contributed by atoms with Crippen molar-refractivity contribution < 1.29 is 9.59 Å². The molecule has 2 aromatic rings. The van der Waals surface area contributed by atoms with E-state index in [0.717, 1.165) is 0 Å². The molecule has 2 amide bonds. The van der Waals surface area contributed by atoms with Gasteiger partial charge in [-0.1, -0.05) is 0 Å². The summed E-state index contributed by atoms with van der Waals surface area (Å²) >= 11 is 1.23.